The molecule has 1 N–H and O–H groups in total. The molecule has 5 heteroatoms. The Morgan fingerprint density at radius 2 is 1.73 bits per heavy atom. The number of amides is 1. The summed E-state index contributed by atoms with van der Waals surface area (Å²) in [5.74, 6) is 1.84. The van der Waals surface area contributed by atoms with E-state index in [1.807, 2.05) is 11.9 Å². The number of benzene rings is 1. The van der Waals surface area contributed by atoms with E-state index < -0.39 is 0 Å². The molecular weight excluding hydrogens is 328 g/mol. The number of likely N-dealkylation sites (N-methyl/N-ethyl adjacent to an activating group) is 1. The largest absolute Gasteiger partial charge is 0.493 e. The number of rotatable bonds is 5. The van der Waals surface area contributed by atoms with Crippen LogP contribution in [0.2, 0.25) is 0 Å². The van der Waals surface area contributed by atoms with E-state index in [9.17, 15) is 4.79 Å². The van der Waals surface area contributed by atoms with Crippen LogP contribution in [0.3, 0.4) is 0 Å². The first-order valence-corrected chi connectivity index (χ1v) is 9.90. The van der Waals surface area contributed by atoms with E-state index in [1.165, 1.54) is 35.3 Å². The second kappa shape index (κ2) is 8.30. The summed E-state index contributed by atoms with van der Waals surface area (Å²) in [7, 11) is 5.34. The Hall–Kier alpha value is -1.75. The molecular formula is C21H33N2O3+. The Morgan fingerprint density at radius 3 is 2.35 bits per heavy atom. The molecule has 0 spiro atoms. The van der Waals surface area contributed by atoms with E-state index in [0.29, 0.717) is 6.04 Å². The Balaban J connectivity index is 1.70. The predicted molar refractivity (Wildman–Crippen MR) is 102 cm³/mol. The topological polar surface area (TPSA) is 43.2 Å². The van der Waals surface area contributed by atoms with Crippen molar-refractivity contribution in [2.45, 2.75) is 64.1 Å². The summed E-state index contributed by atoms with van der Waals surface area (Å²) in [6.07, 6.45) is 7.10. The molecule has 1 aliphatic carbocycles. The first-order chi connectivity index (χ1) is 12.5. The van der Waals surface area contributed by atoms with Crippen LogP contribution in [0.25, 0.3) is 0 Å². The maximum absolute atomic E-state index is 13.0. The van der Waals surface area contributed by atoms with Crippen LogP contribution in [0, 0.1) is 0 Å². The first-order valence-electron chi connectivity index (χ1n) is 9.90. The smallest absolute Gasteiger partial charge is 0.280 e. The van der Waals surface area contributed by atoms with E-state index in [1.54, 1.807) is 14.2 Å². The Morgan fingerprint density at radius 1 is 1.12 bits per heavy atom. The third-order valence-electron chi connectivity index (χ3n) is 6.29. The summed E-state index contributed by atoms with van der Waals surface area (Å²) in [5.41, 5.74) is 2.58. The molecule has 1 saturated carbocycles. The van der Waals surface area contributed by atoms with Gasteiger partial charge in [-0.05, 0) is 37.5 Å². The number of methoxy groups -OCH3 is 2. The third kappa shape index (κ3) is 3.83. The highest BCUT2D eigenvalue weighted by Gasteiger charge is 2.34. The van der Waals surface area contributed by atoms with Gasteiger partial charge in [0.25, 0.3) is 5.91 Å². The zero-order valence-electron chi connectivity index (χ0n) is 16.6. The van der Waals surface area contributed by atoms with Crippen LogP contribution in [0.1, 0.15) is 50.2 Å². The highest BCUT2D eigenvalue weighted by Crippen LogP contribution is 2.31. The molecule has 3 rings (SSSR count). The van der Waals surface area contributed by atoms with E-state index in [4.69, 9.17) is 9.47 Å². The van der Waals surface area contributed by atoms with Gasteiger partial charge in [-0.1, -0.05) is 19.3 Å². The number of hydrogen-bond donors (Lipinski definition) is 1. The fourth-order valence-electron chi connectivity index (χ4n) is 4.49. The maximum Gasteiger partial charge on any atom is 0.280 e. The number of carbonyl (C=O) groups excluding carboxylic acids is 1. The van der Waals surface area contributed by atoms with Crippen molar-refractivity contribution in [2.75, 3.05) is 27.8 Å². The van der Waals surface area contributed by atoms with Gasteiger partial charge in [0.2, 0.25) is 0 Å². The van der Waals surface area contributed by atoms with Crippen LogP contribution in [-0.2, 0) is 17.8 Å². The zero-order valence-corrected chi connectivity index (χ0v) is 16.6. The molecule has 2 atom stereocenters. The summed E-state index contributed by atoms with van der Waals surface area (Å²) < 4.78 is 10.9. The molecule has 26 heavy (non-hydrogen) atoms. The lowest BCUT2D eigenvalue weighted by Gasteiger charge is -2.36. The second-order valence-electron chi connectivity index (χ2n) is 7.77. The van der Waals surface area contributed by atoms with Crippen molar-refractivity contribution >= 4 is 5.91 Å². The number of nitrogens with one attached hydrogen (secondary N) is 1. The summed E-state index contributed by atoms with van der Waals surface area (Å²) in [5, 5.41) is 0. The van der Waals surface area contributed by atoms with Gasteiger partial charge < -0.3 is 19.3 Å². The van der Waals surface area contributed by atoms with Crippen LogP contribution >= 0.6 is 0 Å². The molecule has 1 heterocycles. The fraction of sp³-hybridized carbons (Fsp3) is 0.667. The van der Waals surface area contributed by atoms with Crippen LogP contribution < -0.4 is 14.4 Å². The summed E-state index contributed by atoms with van der Waals surface area (Å²) in [6.45, 7) is 3.93. The van der Waals surface area contributed by atoms with Gasteiger partial charge >= 0.3 is 0 Å². The molecule has 1 aromatic rings. The van der Waals surface area contributed by atoms with Gasteiger partial charge in [-0.2, -0.15) is 0 Å². The predicted octanol–water partition coefficient (Wildman–Crippen LogP) is 1.82. The SMILES string of the molecule is COc1cc2c(cc1OC)C[NH+]([C@H](C)C(=O)N(C)C1CCCCC1)CC2. The van der Waals surface area contributed by atoms with Crippen molar-refractivity contribution in [3.63, 3.8) is 0 Å². The van der Waals surface area contributed by atoms with Gasteiger partial charge in [0.15, 0.2) is 17.5 Å². The molecule has 1 fully saturated rings. The van der Waals surface area contributed by atoms with Crippen molar-refractivity contribution in [2.24, 2.45) is 0 Å². The molecule has 2 aliphatic rings. The average molecular weight is 362 g/mol. The number of quaternary nitrogens is 1. The standard InChI is InChI=1S/C21H32N2O3/c1-15(21(24)22(2)18-8-6-5-7-9-18)23-11-10-16-12-19(25-3)20(26-4)13-17(16)14-23/h12-13,15,18H,5-11,14H2,1-4H3/p+1/t15-/m1/s1. The lowest BCUT2D eigenvalue weighted by molar-refractivity contribution is -0.930. The number of ether oxygens (including phenoxy) is 2. The summed E-state index contributed by atoms with van der Waals surface area (Å²) in [4.78, 5) is 16.4. The molecule has 0 aromatic heterocycles. The highest BCUT2D eigenvalue weighted by molar-refractivity contribution is 5.80. The minimum Gasteiger partial charge on any atom is -0.493 e. The lowest BCUT2D eigenvalue weighted by Crippen LogP contribution is -3.16. The normalized spacial score (nSPS) is 21.6. The molecule has 0 saturated heterocycles. The number of nitrogens with zero attached hydrogens (tertiary/aromatic N) is 1. The van der Waals surface area contributed by atoms with Crippen molar-refractivity contribution in [1.82, 2.24) is 4.90 Å². The van der Waals surface area contributed by atoms with Gasteiger partial charge in [-0.3, -0.25) is 4.79 Å². The van der Waals surface area contributed by atoms with Crippen molar-refractivity contribution in [3.05, 3.63) is 23.3 Å². The van der Waals surface area contributed by atoms with Gasteiger partial charge in [0.05, 0.1) is 20.8 Å². The van der Waals surface area contributed by atoms with Gasteiger partial charge in [0.1, 0.15) is 6.54 Å². The quantitative estimate of drug-likeness (QED) is 0.870. The molecule has 1 aliphatic heterocycles. The van der Waals surface area contributed by atoms with Gasteiger partial charge in [0, 0.05) is 25.1 Å². The maximum atomic E-state index is 13.0. The minimum atomic E-state index is -0.0110. The summed E-state index contributed by atoms with van der Waals surface area (Å²) >= 11 is 0. The van der Waals surface area contributed by atoms with Crippen LogP contribution in [0.15, 0.2) is 12.1 Å². The third-order valence-corrected chi connectivity index (χ3v) is 6.29. The monoisotopic (exact) mass is 361 g/mol. The minimum absolute atomic E-state index is 0.0110. The Bertz CT molecular complexity index is 640. The molecule has 1 aromatic carbocycles. The van der Waals surface area contributed by atoms with E-state index in [0.717, 1.165) is 43.9 Å². The molecule has 5 nitrogen and oxygen atoms in total. The van der Waals surface area contributed by atoms with Crippen molar-refractivity contribution in [3.8, 4) is 11.5 Å². The van der Waals surface area contributed by atoms with Crippen molar-refractivity contribution < 1.29 is 19.2 Å². The highest BCUT2D eigenvalue weighted by atomic mass is 16.5. The number of hydrogen-bond acceptors (Lipinski definition) is 3. The Kier molecular flexibility index (Phi) is 6.07. The van der Waals surface area contributed by atoms with Crippen LogP contribution in [0.4, 0.5) is 0 Å². The molecule has 0 bridgehead atoms. The number of fused-ring (bicyclic) bond motifs is 1. The van der Waals surface area contributed by atoms with Crippen LogP contribution in [-0.4, -0.2) is 50.7 Å². The van der Waals surface area contributed by atoms with E-state index in [2.05, 4.69) is 19.1 Å². The first kappa shape index (κ1) is 19.0. The number of carbonyl (C=O) groups is 1. The molecule has 1 amide bonds. The zero-order chi connectivity index (χ0) is 18.7. The fourth-order valence-corrected chi connectivity index (χ4v) is 4.49. The molecule has 144 valence electrons. The van der Waals surface area contributed by atoms with Crippen molar-refractivity contribution in [1.29, 1.82) is 0 Å². The summed E-state index contributed by atoms with van der Waals surface area (Å²) in [6, 6.07) is 4.59. The lowest BCUT2D eigenvalue weighted by atomic mass is 9.93. The van der Waals surface area contributed by atoms with E-state index >= 15 is 0 Å². The van der Waals surface area contributed by atoms with Gasteiger partial charge in [-0.25, -0.2) is 0 Å². The average Bonchev–Trinajstić information content (AvgIpc) is 2.71. The molecule has 0 radical (unpaired) electrons. The van der Waals surface area contributed by atoms with Gasteiger partial charge in [-0.15, -0.1) is 0 Å². The van der Waals surface area contributed by atoms with E-state index in [-0.39, 0.29) is 11.9 Å². The molecule has 1 unspecified atom stereocenters. The Labute approximate surface area is 157 Å². The second-order valence-corrected chi connectivity index (χ2v) is 7.77. The van der Waals surface area contributed by atoms with Crippen LogP contribution in [0.5, 0.6) is 11.5 Å².